The number of benzene rings is 2. The van der Waals surface area contributed by atoms with Crippen molar-refractivity contribution in [2.24, 2.45) is 0 Å². The van der Waals surface area contributed by atoms with Gasteiger partial charge in [0.25, 0.3) is 0 Å². The van der Waals surface area contributed by atoms with Gasteiger partial charge in [-0.1, -0.05) is 48.9 Å². The van der Waals surface area contributed by atoms with E-state index in [1.807, 2.05) is 36.9 Å². The molecule has 2 aromatic rings. The number of nitrogens with one attached hydrogen (secondary N) is 1. The Morgan fingerprint density at radius 1 is 0.909 bits per heavy atom. The van der Waals surface area contributed by atoms with Crippen LogP contribution < -0.4 is 5.32 Å². The highest BCUT2D eigenvalue weighted by Gasteiger charge is 2.23. The summed E-state index contributed by atoms with van der Waals surface area (Å²) in [7, 11) is 0. The van der Waals surface area contributed by atoms with Crippen LogP contribution in [0.2, 0.25) is 0 Å². The Morgan fingerprint density at radius 3 is 2.18 bits per heavy atom. The number of hydrogen-bond donors (Lipinski definition) is 1. The molecule has 0 bridgehead atoms. The molecular formula is C27H38N4O2. The number of amides is 2. The fourth-order valence-corrected chi connectivity index (χ4v) is 4.15. The van der Waals surface area contributed by atoms with Crippen molar-refractivity contribution in [1.29, 1.82) is 0 Å². The molecule has 0 aliphatic carbocycles. The molecule has 1 aliphatic rings. The quantitative estimate of drug-likeness (QED) is 0.634. The van der Waals surface area contributed by atoms with Crippen molar-refractivity contribution in [3.63, 3.8) is 0 Å². The van der Waals surface area contributed by atoms with Gasteiger partial charge in [0.1, 0.15) is 0 Å². The van der Waals surface area contributed by atoms with Gasteiger partial charge in [0, 0.05) is 45.0 Å². The van der Waals surface area contributed by atoms with Crippen LogP contribution in [0.25, 0.3) is 0 Å². The van der Waals surface area contributed by atoms with Crippen molar-refractivity contribution < 1.29 is 9.59 Å². The number of carbonyl (C=O) groups is 2. The summed E-state index contributed by atoms with van der Waals surface area (Å²) in [6.07, 6.45) is 0.945. The predicted octanol–water partition coefficient (Wildman–Crippen LogP) is 3.61. The van der Waals surface area contributed by atoms with Gasteiger partial charge in [0.2, 0.25) is 11.8 Å². The Balaban J connectivity index is 1.45. The molecule has 178 valence electrons. The first kappa shape index (κ1) is 24.9. The average molecular weight is 451 g/mol. The zero-order valence-electron chi connectivity index (χ0n) is 20.6. The summed E-state index contributed by atoms with van der Waals surface area (Å²) < 4.78 is 0. The third kappa shape index (κ3) is 7.41. The van der Waals surface area contributed by atoms with Crippen LogP contribution in [0.3, 0.4) is 0 Å². The largest absolute Gasteiger partial charge is 0.337 e. The predicted molar refractivity (Wildman–Crippen MR) is 134 cm³/mol. The molecule has 1 heterocycles. The molecule has 1 fully saturated rings. The Labute approximate surface area is 198 Å². The topological polar surface area (TPSA) is 55.9 Å². The molecule has 33 heavy (non-hydrogen) atoms. The molecule has 0 atom stereocenters. The second-order valence-electron chi connectivity index (χ2n) is 9.15. The summed E-state index contributed by atoms with van der Waals surface area (Å²) >= 11 is 0. The normalized spacial score (nSPS) is 14.8. The lowest BCUT2D eigenvalue weighted by Crippen LogP contribution is -2.51. The summed E-state index contributed by atoms with van der Waals surface area (Å²) in [4.78, 5) is 31.9. The first-order chi connectivity index (χ1) is 15.9. The zero-order valence-corrected chi connectivity index (χ0v) is 20.6. The molecule has 0 radical (unpaired) electrons. The van der Waals surface area contributed by atoms with Crippen molar-refractivity contribution in [3.8, 4) is 0 Å². The number of carbonyl (C=O) groups excluding carboxylic acids is 2. The molecule has 2 aromatic carbocycles. The molecule has 1 saturated heterocycles. The van der Waals surface area contributed by atoms with Gasteiger partial charge in [0.05, 0.1) is 13.1 Å². The van der Waals surface area contributed by atoms with Gasteiger partial charge in [-0.3, -0.25) is 19.4 Å². The Kier molecular flexibility index (Phi) is 9.03. The van der Waals surface area contributed by atoms with Crippen LogP contribution in [0.1, 0.15) is 35.6 Å². The third-order valence-corrected chi connectivity index (χ3v) is 6.41. The Bertz CT molecular complexity index is 934. The van der Waals surface area contributed by atoms with Crippen LogP contribution >= 0.6 is 0 Å². The Morgan fingerprint density at radius 2 is 1.55 bits per heavy atom. The van der Waals surface area contributed by atoms with Crippen LogP contribution in [0.5, 0.6) is 0 Å². The standard InChI is InChI=1S/C27H38N4O2/c1-5-13-31(18-24-11-9-21(2)10-12-24)27(33)20-30-16-14-29(15-17-30)19-26(32)28-25-8-6-7-22(3)23(25)4/h6-12H,5,13-20H2,1-4H3,(H,28,32). The molecule has 6 nitrogen and oxygen atoms in total. The van der Waals surface area contributed by atoms with E-state index in [-0.39, 0.29) is 11.8 Å². The van der Waals surface area contributed by atoms with E-state index in [9.17, 15) is 9.59 Å². The molecule has 0 aromatic heterocycles. The lowest BCUT2D eigenvalue weighted by atomic mass is 10.1. The lowest BCUT2D eigenvalue weighted by Gasteiger charge is -2.35. The van der Waals surface area contributed by atoms with E-state index < -0.39 is 0 Å². The molecule has 6 heteroatoms. The molecule has 0 spiro atoms. The van der Waals surface area contributed by atoms with Crippen molar-refractivity contribution in [2.75, 3.05) is 51.1 Å². The number of piperazine rings is 1. The van der Waals surface area contributed by atoms with Crippen molar-refractivity contribution in [3.05, 3.63) is 64.7 Å². The first-order valence-corrected chi connectivity index (χ1v) is 12.0. The number of nitrogens with zero attached hydrogens (tertiary/aromatic N) is 3. The monoisotopic (exact) mass is 450 g/mol. The van der Waals surface area contributed by atoms with Crippen molar-refractivity contribution >= 4 is 17.5 Å². The minimum atomic E-state index is 0.0143. The SMILES string of the molecule is CCCN(Cc1ccc(C)cc1)C(=O)CN1CCN(CC(=O)Nc2cccc(C)c2C)CC1. The van der Waals surface area contributed by atoms with Gasteiger partial charge >= 0.3 is 0 Å². The molecule has 0 unspecified atom stereocenters. The second kappa shape index (κ2) is 12.0. The third-order valence-electron chi connectivity index (χ3n) is 6.41. The van der Waals surface area contributed by atoms with Crippen LogP contribution in [0.4, 0.5) is 5.69 Å². The van der Waals surface area contributed by atoms with Gasteiger partial charge in [-0.25, -0.2) is 0 Å². The van der Waals surface area contributed by atoms with E-state index in [2.05, 4.69) is 53.2 Å². The molecular weight excluding hydrogens is 412 g/mol. The smallest absolute Gasteiger partial charge is 0.238 e. The summed E-state index contributed by atoms with van der Waals surface area (Å²) in [6, 6.07) is 14.4. The van der Waals surface area contributed by atoms with Gasteiger partial charge in [0.15, 0.2) is 0 Å². The summed E-state index contributed by atoms with van der Waals surface area (Å²) in [5.74, 6) is 0.194. The number of aryl methyl sites for hydroxylation is 2. The van der Waals surface area contributed by atoms with E-state index in [0.717, 1.165) is 50.4 Å². The maximum Gasteiger partial charge on any atom is 0.238 e. The maximum absolute atomic E-state index is 13.0. The van der Waals surface area contributed by atoms with E-state index in [1.165, 1.54) is 16.7 Å². The summed E-state index contributed by atoms with van der Waals surface area (Å²) in [5, 5.41) is 3.04. The van der Waals surface area contributed by atoms with E-state index in [4.69, 9.17) is 0 Å². The highest BCUT2D eigenvalue weighted by molar-refractivity contribution is 5.93. The van der Waals surface area contributed by atoms with Crippen LogP contribution in [-0.2, 0) is 16.1 Å². The molecule has 1 N–H and O–H groups in total. The van der Waals surface area contributed by atoms with Crippen LogP contribution in [0.15, 0.2) is 42.5 Å². The number of anilines is 1. The Hall–Kier alpha value is -2.70. The van der Waals surface area contributed by atoms with Gasteiger partial charge < -0.3 is 10.2 Å². The van der Waals surface area contributed by atoms with Crippen molar-refractivity contribution in [2.45, 2.75) is 40.7 Å². The maximum atomic E-state index is 13.0. The molecule has 1 aliphatic heterocycles. The van der Waals surface area contributed by atoms with E-state index >= 15 is 0 Å². The minimum Gasteiger partial charge on any atom is -0.337 e. The van der Waals surface area contributed by atoms with Gasteiger partial charge in [-0.05, 0) is 49.9 Å². The average Bonchev–Trinajstić information content (AvgIpc) is 2.79. The minimum absolute atomic E-state index is 0.0143. The highest BCUT2D eigenvalue weighted by Crippen LogP contribution is 2.18. The molecule has 3 rings (SSSR count). The summed E-state index contributed by atoms with van der Waals surface area (Å²) in [5.41, 5.74) is 5.56. The van der Waals surface area contributed by atoms with E-state index in [0.29, 0.717) is 19.6 Å². The number of rotatable bonds is 9. The zero-order chi connectivity index (χ0) is 23.8. The fraction of sp³-hybridized carbons (Fsp3) is 0.481. The first-order valence-electron chi connectivity index (χ1n) is 12.0. The lowest BCUT2D eigenvalue weighted by molar-refractivity contribution is -0.133. The number of hydrogen-bond acceptors (Lipinski definition) is 4. The molecule has 2 amide bonds. The van der Waals surface area contributed by atoms with Gasteiger partial charge in [-0.15, -0.1) is 0 Å². The second-order valence-corrected chi connectivity index (χ2v) is 9.15. The summed E-state index contributed by atoms with van der Waals surface area (Å²) in [6.45, 7) is 13.7. The highest BCUT2D eigenvalue weighted by atomic mass is 16.2. The van der Waals surface area contributed by atoms with E-state index in [1.54, 1.807) is 0 Å². The molecule has 0 saturated carbocycles. The fourth-order valence-electron chi connectivity index (χ4n) is 4.15. The van der Waals surface area contributed by atoms with Gasteiger partial charge in [-0.2, -0.15) is 0 Å². The van der Waals surface area contributed by atoms with Crippen LogP contribution in [-0.4, -0.2) is 72.3 Å². The van der Waals surface area contributed by atoms with Crippen LogP contribution in [0, 0.1) is 20.8 Å². The van der Waals surface area contributed by atoms with Crippen molar-refractivity contribution in [1.82, 2.24) is 14.7 Å².